The third-order valence-corrected chi connectivity index (χ3v) is 6.05. The molecule has 3 aromatic carbocycles. The summed E-state index contributed by atoms with van der Waals surface area (Å²) in [6.45, 7) is 7.97. The number of hydrogen-bond donors (Lipinski definition) is 1. The normalized spacial score (nSPS) is 11.7. The quantitative estimate of drug-likeness (QED) is 0.366. The molecule has 2 amide bonds. The summed E-state index contributed by atoms with van der Waals surface area (Å²) in [6.07, 6.45) is 0.408. The highest BCUT2D eigenvalue weighted by molar-refractivity contribution is 9.10. The Morgan fingerprint density at radius 3 is 2.14 bits per heavy atom. The lowest BCUT2D eigenvalue weighted by Crippen LogP contribution is -2.52. The van der Waals surface area contributed by atoms with E-state index in [0.29, 0.717) is 18.7 Å². The minimum Gasteiger partial charge on any atom is -0.484 e. The van der Waals surface area contributed by atoms with Gasteiger partial charge in [0.25, 0.3) is 5.91 Å². The van der Waals surface area contributed by atoms with Crippen molar-refractivity contribution in [1.29, 1.82) is 0 Å². The number of benzene rings is 3. The first kappa shape index (κ1) is 26.5. The van der Waals surface area contributed by atoms with Crippen LogP contribution in [0.15, 0.2) is 77.3 Å². The standard InChI is InChI=1S/C29H33BrN2O3/c1-20(2)31-29(34)27(17-23-8-6-5-7-9-23)32(18-24-10-12-25(30)13-11-24)28(33)19-35-26-15-21(3)14-22(4)16-26/h5-16,20,27H,17-19H2,1-4H3,(H,31,34)/t27-/m1/s1. The molecule has 0 unspecified atom stereocenters. The van der Waals surface area contributed by atoms with Crippen LogP contribution in [0.5, 0.6) is 5.75 Å². The molecule has 0 spiro atoms. The van der Waals surface area contributed by atoms with E-state index in [1.54, 1.807) is 4.90 Å². The summed E-state index contributed by atoms with van der Waals surface area (Å²) in [7, 11) is 0. The van der Waals surface area contributed by atoms with E-state index in [1.807, 2.05) is 94.4 Å². The van der Waals surface area contributed by atoms with Crippen LogP contribution in [-0.2, 0) is 22.6 Å². The van der Waals surface area contributed by atoms with Gasteiger partial charge < -0.3 is 15.0 Å². The minimum absolute atomic E-state index is 0.0445. The van der Waals surface area contributed by atoms with Crippen molar-refractivity contribution in [2.75, 3.05) is 6.61 Å². The van der Waals surface area contributed by atoms with E-state index in [2.05, 4.69) is 27.3 Å². The first-order valence-corrected chi connectivity index (χ1v) is 12.6. The van der Waals surface area contributed by atoms with Gasteiger partial charge >= 0.3 is 0 Å². The molecule has 0 aliphatic rings. The fourth-order valence-corrected chi connectivity index (χ4v) is 4.23. The maximum atomic E-state index is 13.6. The topological polar surface area (TPSA) is 58.6 Å². The summed E-state index contributed by atoms with van der Waals surface area (Å²) in [5.41, 5.74) is 4.05. The van der Waals surface area contributed by atoms with Crippen LogP contribution < -0.4 is 10.1 Å². The molecule has 6 heteroatoms. The van der Waals surface area contributed by atoms with Gasteiger partial charge in [-0.05, 0) is 74.2 Å². The number of hydrogen-bond acceptors (Lipinski definition) is 3. The fraction of sp³-hybridized carbons (Fsp3) is 0.310. The number of aryl methyl sites for hydroxylation is 2. The molecule has 0 saturated carbocycles. The van der Waals surface area contributed by atoms with Crippen LogP contribution in [0.1, 0.15) is 36.1 Å². The van der Waals surface area contributed by atoms with Crippen molar-refractivity contribution in [2.24, 2.45) is 0 Å². The van der Waals surface area contributed by atoms with Crippen molar-refractivity contribution in [1.82, 2.24) is 10.2 Å². The number of nitrogens with zero attached hydrogens (tertiary/aromatic N) is 1. The third kappa shape index (κ3) is 8.25. The van der Waals surface area contributed by atoms with Crippen LogP contribution in [0.25, 0.3) is 0 Å². The van der Waals surface area contributed by atoms with Gasteiger partial charge in [-0.15, -0.1) is 0 Å². The number of rotatable bonds is 10. The average Bonchev–Trinajstić information content (AvgIpc) is 2.80. The first-order valence-electron chi connectivity index (χ1n) is 11.8. The smallest absolute Gasteiger partial charge is 0.261 e. The Bertz CT molecular complexity index is 1110. The predicted octanol–water partition coefficient (Wildman–Crippen LogP) is 5.61. The number of carbonyl (C=O) groups excluding carboxylic acids is 2. The summed E-state index contributed by atoms with van der Waals surface area (Å²) < 4.78 is 6.85. The Morgan fingerprint density at radius 1 is 0.914 bits per heavy atom. The van der Waals surface area contributed by atoms with Crippen molar-refractivity contribution < 1.29 is 14.3 Å². The fourth-order valence-electron chi connectivity index (χ4n) is 3.97. The van der Waals surface area contributed by atoms with Crippen LogP contribution in [-0.4, -0.2) is 35.4 Å². The minimum atomic E-state index is -0.682. The maximum Gasteiger partial charge on any atom is 0.261 e. The zero-order valence-electron chi connectivity index (χ0n) is 20.8. The second-order valence-electron chi connectivity index (χ2n) is 9.13. The van der Waals surface area contributed by atoms with Gasteiger partial charge in [-0.25, -0.2) is 0 Å². The maximum absolute atomic E-state index is 13.6. The Balaban J connectivity index is 1.91. The highest BCUT2D eigenvalue weighted by Crippen LogP contribution is 2.19. The molecular formula is C29H33BrN2O3. The molecule has 0 aliphatic carbocycles. The highest BCUT2D eigenvalue weighted by Gasteiger charge is 2.31. The summed E-state index contributed by atoms with van der Waals surface area (Å²) in [4.78, 5) is 28.6. The lowest BCUT2D eigenvalue weighted by atomic mass is 10.0. The van der Waals surface area contributed by atoms with Gasteiger partial charge in [0, 0.05) is 23.5 Å². The second-order valence-corrected chi connectivity index (χ2v) is 10.0. The van der Waals surface area contributed by atoms with Gasteiger partial charge in [-0.3, -0.25) is 9.59 Å². The third-order valence-electron chi connectivity index (χ3n) is 5.53. The molecule has 1 atom stereocenters. The molecule has 0 aromatic heterocycles. The highest BCUT2D eigenvalue weighted by atomic mass is 79.9. The van der Waals surface area contributed by atoms with Gasteiger partial charge in [0.1, 0.15) is 11.8 Å². The number of amides is 2. The zero-order valence-corrected chi connectivity index (χ0v) is 22.3. The summed E-state index contributed by atoms with van der Waals surface area (Å²) in [5.74, 6) is 0.221. The molecule has 3 aromatic rings. The number of halogens is 1. The van der Waals surface area contributed by atoms with Gasteiger partial charge in [0.2, 0.25) is 5.91 Å². The molecule has 35 heavy (non-hydrogen) atoms. The monoisotopic (exact) mass is 536 g/mol. The van der Waals surface area contributed by atoms with E-state index in [4.69, 9.17) is 4.74 Å². The second kappa shape index (κ2) is 12.5. The van der Waals surface area contributed by atoms with E-state index < -0.39 is 6.04 Å². The zero-order chi connectivity index (χ0) is 25.4. The van der Waals surface area contributed by atoms with Gasteiger partial charge in [-0.1, -0.05) is 64.5 Å². The Kier molecular flexibility index (Phi) is 9.49. The van der Waals surface area contributed by atoms with E-state index in [1.165, 1.54) is 0 Å². The molecule has 5 nitrogen and oxygen atoms in total. The van der Waals surface area contributed by atoms with Crippen molar-refractivity contribution in [2.45, 2.75) is 52.7 Å². The summed E-state index contributed by atoms with van der Waals surface area (Å²) >= 11 is 3.46. The molecule has 1 N–H and O–H groups in total. The van der Waals surface area contributed by atoms with Crippen LogP contribution in [0.3, 0.4) is 0 Å². The number of ether oxygens (including phenoxy) is 1. The molecule has 0 aliphatic heterocycles. The van der Waals surface area contributed by atoms with Crippen LogP contribution in [0.2, 0.25) is 0 Å². The summed E-state index contributed by atoms with van der Waals surface area (Å²) in [5, 5.41) is 3.00. The molecule has 3 rings (SSSR count). The van der Waals surface area contributed by atoms with Crippen molar-refractivity contribution in [3.8, 4) is 5.75 Å². The molecule has 0 fully saturated rings. The van der Waals surface area contributed by atoms with Crippen LogP contribution in [0, 0.1) is 13.8 Å². The lowest BCUT2D eigenvalue weighted by molar-refractivity contribution is -0.143. The largest absolute Gasteiger partial charge is 0.484 e. The van der Waals surface area contributed by atoms with E-state index in [9.17, 15) is 9.59 Å². The first-order chi connectivity index (χ1) is 16.7. The average molecular weight is 537 g/mol. The molecular weight excluding hydrogens is 504 g/mol. The van der Waals surface area contributed by atoms with E-state index in [0.717, 1.165) is 26.7 Å². The predicted molar refractivity (Wildman–Crippen MR) is 143 cm³/mol. The van der Waals surface area contributed by atoms with Crippen molar-refractivity contribution in [3.05, 3.63) is 99.5 Å². The molecule has 0 radical (unpaired) electrons. The molecule has 0 heterocycles. The number of nitrogens with one attached hydrogen (secondary N) is 1. The lowest BCUT2D eigenvalue weighted by Gasteiger charge is -2.32. The van der Waals surface area contributed by atoms with Gasteiger partial charge in [-0.2, -0.15) is 0 Å². The Labute approximate surface area is 216 Å². The number of carbonyl (C=O) groups is 2. The van der Waals surface area contributed by atoms with Gasteiger partial charge in [0.15, 0.2) is 6.61 Å². The van der Waals surface area contributed by atoms with Crippen molar-refractivity contribution >= 4 is 27.7 Å². The Morgan fingerprint density at radius 2 is 1.54 bits per heavy atom. The van der Waals surface area contributed by atoms with Crippen molar-refractivity contribution in [3.63, 3.8) is 0 Å². The molecule has 0 saturated heterocycles. The van der Waals surface area contributed by atoms with Crippen LogP contribution >= 0.6 is 15.9 Å². The van der Waals surface area contributed by atoms with E-state index >= 15 is 0 Å². The summed E-state index contributed by atoms with van der Waals surface area (Å²) in [6, 6.07) is 22.7. The molecule has 0 bridgehead atoms. The SMILES string of the molecule is Cc1cc(C)cc(OCC(=O)N(Cc2ccc(Br)cc2)[C@H](Cc2ccccc2)C(=O)NC(C)C)c1. The molecule has 184 valence electrons. The Hall–Kier alpha value is -3.12. The van der Waals surface area contributed by atoms with Crippen LogP contribution in [0.4, 0.5) is 0 Å². The van der Waals surface area contributed by atoms with Gasteiger partial charge in [0.05, 0.1) is 0 Å². The van der Waals surface area contributed by atoms with E-state index in [-0.39, 0.29) is 24.5 Å².